The molecule has 6 nitrogen and oxygen atoms in total. The Morgan fingerprint density at radius 3 is 2.66 bits per heavy atom. The van der Waals surface area contributed by atoms with Crippen molar-refractivity contribution in [2.45, 2.75) is 51.9 Å². The third-order valence-electron chi connectivity index (χ3n) is 5.98. The number of para-hydroxylation sites is 1. The van der Waals surface area contributed by atoms with Crippen molar-refractivity contribution < 1.29 is 9.53 Å². The Bertz CT molecular complexity index is 817. The first-order valence-corrected chi connectivity index (χ1v) is 11.0. The van der Waals surface area contributed by atoms with E-state index in [9.17, 15) is 4.79 Å². The number of fused-ring (bicyclic) bond motifs is 1. The van der Waals surface area contributed by atoms with Crippen molar-refractivity contribution in [3.05, 3.63) is 36.0 Å². The molecule has 2 aromatic rings. The lowest BCUT2D eigenvalue weighted by atomic mass is 10.1. The van der Waals surface area contributed by atoms with Gasteiger partial charge in [-0.1, -0.05) is 18.2 Å². The molecular weight excluding hydrogens is 364 g/mol. The lowest BCUT2D eigenvalue weighted by Crippen LogP contribution is -2.48. The molecule has 2 fully saturated rings. The Morgan fingerprint density at radius 2 is 1.93 bits per heavy atom. The average Bonchev–Trinajstić information content (AvgIpc) is 3.32. The van der Waals surface area contributed by atoms with Crippen LogP contribution < -0.4 is 5.32 Å². The summed E-state index contributed by atoms with van der Waals surface area (Å²) in [6.07, 6.45) is 5.04. The van der Waals surface area contributed by atoms with Crippen molar-refractivity contribution >= 4 is 16.8 Å². The number of benzene rings is 1. The predicted octanol–water partition coefficient (Wildman–Crippen LogP) is 2.46. The van der Waals surface area contributed by atoms with Crippen LogP contribution in [0.3, 0.4) is 0 Å². The van der Waals surface area contributed by atoms with E-state index in [0.717, 1.165) is 51.4 Å². The molecule has 29 heavy (non-hydrogen) atoms. The normalized spacial score (nSPS) is 21.3. The van der Waals surface area contributed by atoms with Crippen LogP contribution in [0.1, 0.15) is 32.3 Å². The highest BCUT2D eigenvalue weighted by Crippen LogP contribution is 2.23. The summed E-state index contributed by atoms with van der Waals surface area (Å²) in [5.41, 5.74) is 2.45. The van der Waals surface area contributed by atoms with E-state index < -0.39 is 0 Å². The smallest absolute Gasteiger partial charge is 0.240 e. The molecule has 0 radical (unpaired) electrons. The molecule has 0 bridgehead atoms. The Kier molecular flexibility index (Phi) is 6.53. The number of hydrogen-bond acceptors (Lipinski definition) is 4. The highest BCUT2D eigenvalue weighted by Gasteiger charge is 2.23. The van der Waals surface area contributed by atoms with E-state index in [-0.39, 0.29) is 11.9 Å². The van der Waals surface area contributed by atoms with Gasteiger partial charge in [0.15, 0.2) is 0 Å². The number of rotatable bonds is 7. The second-order valence-electron chi connectivity index (χ2n) is 8.73. The maximum atomic E-state index is 12.3. The van der Waals surface area contributed by atoms with Gasteiger partial charge >= 0.3 is 0 Å². The Labute approximate surface area is 173 Å². The van der Waals surface area contributed by atoms with Gasteiger partial charge in [-0.05, 0) is 38.3 Å². The van der Waals surface area contributed by atoms with Crippen LogP contribution in [-0.2, 0) is 22.6 Å². The molecule has 0 spiro atoms. The molecule has 1 aromatic carbocycles. The number of carbonyl (C=O) groups excluding carboxylic acids is 1. The van der Waals surface area contributed by atoms with E-state index in [1.165, 1.54) is 23.8 Å². The monoisotopic (exact) mass is 398 g/mol. The first kappa shape index (κ1) is 20.4. The van der Waals surface area contributed by atoms with Crippen molar-refractivity contribution in [2.24, 2.45) is 0 Å². The maximum absolute atomic E-state index is 12.3. The fourth-order valence-corrected chi connectivity index (χ4v) is 4.55. The van der Waals surface area contributed by atoms with Crippen molar-refractivity contribution in [1.29, 1.82) is 0 Å². The molecule has 1 atom stereocenters. The Hall–Kier alpha value is -1.89. The maximum Gasteiger partial charge on any atom is 0.240 e. The van der Waals surface area contributed by atoms with Crippen LogP contribution in [0.5, 0.6) is 0 Å². The third kappa shape index (κ3) is 5.18. The van der Waals surface area contributed by atoms with Crippen LogP contribution in [0.25, 0.3) is 10.9 Å². The molecule has 6 heteroatoms. The lowest BCUT2D eigenvalue weighted by Gasteiger charge is -2.35. The molecule has 0 saturated carbocycles. The molecule has 0 aliphatic carbocycles. The Balaban J connectivity index is 1.38. The van der Waals surface area contributed by atoms with Gasteiger partial charge in [0.05, 0.1) is 6.10 Å². The van der Waals surface area contributed by atoms with Gasteiger partial charge < -0.3 is 14.6 Å². The summed E-state index contributed by atoms with van der Waals surface area (Å²) in [5, 5.41) is 4.25. The summed E-state index contributed by atoms with van der Waals surface area (Å²) < 4.78 is 7.89. The van der Waals surface area contributed by atoms with Gasteiger partial charge in [-0.3, -0.25) is 14.6 Å². The average molecular weight is 399 g/mol. The van der Waals surface area contributed by atoms with Crippen LogP contribution in [0, 0.1) is 0 Å². The summed E-state index contributed by atoms with van der Waals surface area (Å²) in [4.78, 5) is 17.4. The van der Waals surface area contributed by atoms with Crippen molar-refractivity contribution in [2.75, 3.05) is 39.3 Å². The van der Waals surface area contributed by atoms with E-state index in [4.69, 9.17) is 4.74 Å². The van der Waals surface area contributed by atoms with E-state index in [2.05, 4.69) is 44.1 Å². The molecule has 2 aliphatic heterocycles. The molecule has 2 aliphatic rings. The summed E-state index contributed by atoms with van der Waals surface area (Å²) in [6, 6.07) is 8.59. The number of carbonyl (C=O) groups is 1. The van der Waals surface area contributed by atoms with Gasteiger partial charge in [-0.2, -0.15) is 0 Å². The summed E-state index contributed by atoms with van der Waals surface area (Å²) in [6.45, 7) is 11.7. The highest BCUT2D eigenvalue weighted by molar-refractivity contribution is 5.86. The SMILES string of the molecule is CC(C)NC(=O)Cn1cc(CN2CCN(C[C@H]3CCCO3)CC2)c2ccccc21. The quantitative estimate of drug-likeness (QED) is 0.778. The first-order chi connectivity index (χ1) is 14.1. The van der Waals surface area contributed by atoms with E-state index in [0.29, 0.717) is 12.6 Å². The highest BCUT2D eigenvalue weighted by atomic mass is 16.5. The first-order valence-electron chi connectivity index (χ1n) is 11.0. The minimum atomic E-state index is 0.0649. The molecular formula is C23H34N4O2. The molecule has 2 saturated heterocycles. The predicted molar refractivity (Wildman–Crippen MR) is 116 cm³/mol. The largest absolute Gasteiger partial charge is 0.377 e. The summed E-state index contributed by atoms with van der Waals surface area (Å²) >= 11 is 0. The zero-order valence-corrected chi connectivity index (χ0v) is 17.8. The van der Waals surface area contributed by atoms with Crippen molar-refractivity contribution in [3.8, 4) is 0 Å². The van der Waals surface area contributed by atoms with Gasteiger partial charge in [0.25, 0.3) is 0 Å². The number of nitrogens with one attached hydrogen (secondary N) is 1. The molecule has 0 unspecified atom stereocenters. The van der Waals surface area contributed by atoms with E-state index in [1.54, 1.807) is 0 Å². The molecule has 4 rings (SSSR count). The summed E-state index contributed by atoms with van der Waals surface area (Å²) in [7, 11) is 0. The van der Waals surface area contributed by atoms with Gasteiger partial charge in [-0.15, -0.1) is 0 Å². The van der Waals surface area contributed by atoms with Crippen LogP contribution in [-0.4, -0.2) is 71.8 Å². The molecule has 3 heterocycles. The van der Waals surface area contributed by atoms with E-state index >= 15 is 0 Å². The van der Waals surface area contributed by atoms with Crippen molar-refractivity contribution in [1.82, 2.24) is 19.7 Å². The second kappa shape index (κ2) is 9.28. The van der Waals surface area contributed by atoms with Crippen molar-refractivity contribution in [3.63, 3.8) is 0 Å². The van der Waals surface area contributed by atoms with Gasteiger partial charge in [-0.25, -0.2) is 0 Å². The number of hydrogen-bond donors (Lipinski definition) is 1. The Morgan fingerprint density at radius 1 is 1.17 bits per heavy atom. The molecule has 158 valence electrons. The number of nitrogens with zero attached hydrogens (tertiary/aromatic N) is 3. The minimum Gasteiger partial charge on any atom is -0.377 e. The lowest BCUT2D eigenvalue weighted by molar-refractivity contribution is -0.122. The zero-order chi connectivity index (χ0) is 20.2. The number of piperazine rings is 1. The van der Waals surface area contributed by atoms with Gasteiger partial charge in [0, 0.05) is 69.0 Å². The fourth-order valence-electron chi connectivity index (χ4n) is 4.55. The van der Waals surface area contributed by atoms with Crippen LogP contribution in [0.15, 0.2) is 30.5 Å². The summed E-state index contributed by atoms with van der Waals surface area (Å²) in [5.74, 6) is 0.0649. The topological polar surface area (TPSA) is 49.7 Å². The molecule has 1 aromatic heterocycles. The second-order valence-corrected chi connectivity index (χ2v) is 8.73. The third-order valence-corrected chi connectivity index (χ3v) is 5.98. The fraction of sp³-hybridized carbons (Fsp3) is 0.609. The van der Waals surface area contributed by atoms with Gasteiger partial charge in [0.1, 0.15) is 6.54 Å². The number of ether oxygens (including phenoxy) is 1. The number of aromatic nitrogens is 1. The van der Waals surface area contributed by atoms with Crippen LogP contribution in [0.4, 0.5) is 0 Å². The van der Waals surface area contributed by atoms with Gasteiger partial charge in [0.2, 0.25) is 5.91 Å². The molecule has 1 N–H and O–H groups in total. The van der Waals surface area contributed by atoms with Crippen LogP contribution in [0.2, 0.25) is 0 Å². The van der Waals surface area contributed by atoms with E-state index in [1.807, 2.05) is 19.9 Å². The minimum absolute atomic E-state index is 0.0649. The molecule has 1 amide bonds. The van der Waals surface area contributed by atoms with Crippen LogP contribution >= 0.6 is 0 Å². The standard InChI is InChI=1S/C23H34N4O2/c1-18(2)24-23(28)17-27-15-19(21-7-3-4-8-22(21)27)14-25-9-11-26(12-10-25)16-20-6-5-13-29-20/h3-4,7-8,15,18,20H,5-6,9-14,16-17H2,1-2H3,(H,24,28)/t20-/m1/s1. The zero-order valence-electron chi connectivity index (χ0n) is 17.8. The number of amides is 1.